The van der Waals surface area contributed by atoms with Gasteiger partial charge in [-0.15, -0.1) is 0 Å². The van der Waals surface area contributed by atoms with Crippen LogP contribution in [0.4, 0.5) is 0 Å². The smallest absolute Gasteiger partial charge is 0.0952 e. The molecule has 3 atom stereocenters. The third-order valence-corrected chi connectivity index (χ3v) is 4.26. The SMILES string of the molecule is CCC1CCCCC1OC(CNC)c1ccccc1. The number of ether oxygens (including phenoxy) is 1. The van der Waals surface area contributed by atoms with Gasteiger partial charge in [-0.2, -0.15) is 0 Å². The van der Waals surface area contributed by atoms with E-state index in [1.165, 1.54) is 37.7 Å². The second kappa shape index (κ2) is 7.66. The number of nitrogens with one attached hydrogen (secondary N) is 1. The molecule has 3 unspecified atom stereocenters. The molecule has 1 aromatic rings. The quantitative estimate of drug-likeness (QED) is 0.837. The second-order valence-electron chi connectivity index (χ2n) is 5.58. The highest BCUT2D eigenvalue weighted by molar-refractivity contribution is 5.18. The van der Waals surface area contributed by atoms with Crippen LogP contribution < -0.4 is 5.32 Å². The van der Waals surface area contributed by atoms with Crippen LogP contribution in [0, 0.1) is 5.92 Å². The maximum absolute atomic E-state index is 6.46. The predicted octanol–water partition coefficient (Wildman–Crippen LogP) is 3.93. The normalized spacial score (nSPS) is 25.2. The molecule has 1 aliphatic carbocycles. The first kappa shape index (κ1) is 14.5. The van der Waals surface area contributed by atoms with Crippen LogP contribution in [-0.2, 0) is 4.74 Å². The Balaban J connectivity index is 2.03. The Morgan fingerprint density at radius 3 is 2.63 bits per heavy atom. The molecule has 106 valence electrons. The first-order chi connectivity index (χ1) is 9.35. The van der Waals surface area contributed by atoms with Gasteiger partial charge in [0.2, 0.25) is 0 Å². The van der Waals surface area contributed by atoms with Crippen LogP contribution >= 0.6 is 0 Å². The Morgan fingerprint density at radius 1 is 1.21 bits per heavy atom. The third kappa shape index (κ3) is 4.05. The lowest BCUT2D eigenvalue weighted by atomic mass is 9.84. The van der Waals surface area contributed by atoms with E-state index >= 15 is 0 Å². The monoisotopic (exact) mass is 261 g/mol. The Labute approximate surface area is 117 Å². The van der Waals surface area contributed by atoms with Gasteiger partial charge in [0.05, 0.1) is 12.2 Å². The lowest BCUT2D eigenvalue weighted by Crippen LogP contribution is -2.31. The van der Waals surface area contributed by atoms with Crippen LogP contribution in [0.5, 0.6) is 0 Å². The van der Waals surface area contributed by atoms with E-state index in [9.17, 15) is 0 Å². The molecule has 1 aromatic carbocycles. The van der Waals surface area contributed by atoms with E-state index in [4.69, 9.17) is 4.74 Å². The average Bonchev–Trinajstić information content (AvgIpc) is 2.48. The molecule has 0 heterocycles. The van der Waals surface area contributed by atoms with E-state index < -0.39 is 0 Å². The summed E-state index contributed by atoms with van der Waals surface area (Å²) < 4.78 is 6.46. The van der Waals surface area contributed by atoms with Gasteiger partial charge in [-0.3, -0.25) is 0 Å². The molecule has 2 heteroatoms. The minimum absolute atomic E-state index is 0.184. The van der Waals surface area contributed by atoms with Crippen molar-refractivity contribution in [3.63, 3.8) is 0 Å². The molecular formula is C17H27NO. The van der Waals surface area contributed by atoms with Crippen molar-refractivity contribution in [2.45, 2.75) is 51.2 Å². The van der Waals surface area contributed by atoms with Crippen LogP contribution in [0.3, 0.4) is 0 Å². The van der Waals surface area contributed by atoms with E-state index in [-0.39, 0.29) is 6.10 Å². The molecule has 0 bridgehead atoms. The van der Waals surface area contributed by atoms with Crippen molar-refractivity contribution in [2.24, 2.45) is 5.92 Å². The maximum atomic E-state index is 6.46. The topological polar surface area (TPSA) is 21.3 Å². The van der Waals surface area contributed by atoms with Crippen LogP contribution in [0.2, 0.25) is 0 Å². The molecule has 0 spiro atoms. The average molecular weight is 261 g/mol. The Morgan fingerprint density at radius 2 is 1.95 bits per heavy atom. The fourth-order valence-corrected chi connectivity index (χ4v) is 3.13. The highest BCUT2D eigenvalue weighted by Gasteiger charge is 2.27. The number of likely N-dealkylation sites (N-methyl/N-ethyl adjacent to an activating group) is 1. The molecule has 2 rings (SSSR count). The summed E-state index contributed by atoms with van der Waals surface area (Å²) in [6.45, 7) is 3.18. The first-order valence-corrected chi connectivity index (χ1v) is 7.70. The van der Waals surface area contributed by atoms with Gasteiger partial charge in [0.25, 0.3) is 0 Å². The summed E-state index contributed by atoms with van der Waals surface area (Å²) in [6.07, 6.45) is 7.13. The summed E-state index contributed by atoms with van der Waals surface area (Å²) in [7, 11) is 2.00. The summed E-state index contributed by atoms with van der Waals surface area (Å²) >= 11 is 0. The third-order valence-electron chi connectivity index (χ3n) is 4.26. The van der Waals surface area contributed by atoms with Gasteiger partial charge in [-0.05, 0) is 31.4 Å². The van der Waals surface area contributed by atoms with E-state index in [0.29, 0.717) is 6.10 Å². The van der Waals surface area contributed by atoms with Crippen LogP contribution in [0.15, 0.2) is 30.3 Å². The minimum atomic E-state index is 0.184. The molecule has 19 heavy (non-hydrogen) atoms. The van der Waals surface area contributed by atoms with E-state index in [1.807, 2.05) is 7.05 Å². The van der Waals surface area contributed by atoms with Gasteiger partial charge in [-0.1, -0.05) is 56.5 Å². The van der Waals surface area contributed by atoms with Gasteiger partial charge in [0, 0.05) is 6.54 Å². The van der Waals surface area contributed by atoms with E-state index in [1.54, 1.807) is 0 Å². The van der Waals surface area contributed by atoms with Crippen molar-refractivity contribution in [1.82, 2.24) is 5.32 Å². The number of hydrogen-bond acceptors (Lipinski definition) is 2. The van der Waals surface area contributed by atoms with Crippen molar-refractivity contribution < 1.29 is 4.74 Å². The zero-order valence-electron chi connectivity index (χ0n) is 12.3. The first-order valence-electron chi connectivity index (χ1n) is 7.70. The minimum Gasteiger partial charge on any atom is -0.369 e. The Kier molecular flexibility index (Phi) is 5.87. The van der Waals surface area contributed by atoms with E-state index in [2.05, 4.69) is 42.6 Å². The molecule has 0 amide bonds. The molecule has 1 N–H and O–H groups in total. The fourth-order valence-electron chi connectivity index (χ4n) is 3.13. The molecule has 0 saturated heterocycles. The van der Waals surface area contributed by atoms with Crippen molar-refractivity contribution in [2.75, 3.05) is 13.6 Å². The van der Waals surface area contributed by atoms with Crippen molar-refractivity contribution in [1.29, 1.82) is 0 Å². The van der Waals surface area contributed by atoms with E-state index in [0.717, 1.165) is 12.5 Å². The van der Waals surface area contributed by atoms with Crippen LogP contribution in [-0.4, -0.2) is 19.7 Å². The number of hydrogen-bond donors (Lipinski definition) is 1. The molecule has 1 aliphatic rings. The largest absolute Gasteiger partial charge is 0.369 e. The number of rotatable bonds is 6. The zero-order chi connectivity index (χ0) is 13.5. The van der Waals surface area contributed by atoms with Gasteiger partial charge < -0.3 is 10.1 Å². The fraction of sp³-hybridized carbons (Fsp3) is 0.647. The zero-order valence-corrected chi connectivity index (χ0v) is 12.3. The lowest BCUT2D eigenvalue weighted by Gasteiger charge is -2.34. The molecular weight excluding hydrogens is 234 g/mol. The summed E-state index contributed by atoms with van der Waals surface area (Å²) in [6, 6.07) is 10.6. The van der Waals surface area contributed by atoms with Crippen molar-refractivity contribution in [3.05, 3.63) is 35.9 Å². The summed E-state index contributed by atoms with van der Waals surface area (Å²) in [4.78, 5) is 0. The van der Waals surface area contributed by atoms with Gasteiger partial charge in [0.1, 0.15) is 0 Å². The second-order valence-corrected chi connectivity index (χ2v) is 5.58. The molecule has 1 saturated carbocycles. The standard InChI is InChI=1S/C17H27NO/c1-3-14-9-7-8-12-16(14)19-17(13-18-2)15-10-5-4-6-11-15/h4-6,10-11,14,16-18H,3,7-9,12-13H2,1-2H3. The van der Waals surface area contributed by atoms with Gasteiger partial charge in [-0.25, -0.2) is 0 Å². The molecule has 0 radical (unpaired) electrons. The van der Waals surface area contributed by atoms with Gasteiger partial charge >= 0.3 is 0 Å². The van der Waals surface area contributed by atoms with Crippen molar-refractivity contribution in [3.8, 4) is 0 Å². The summed E-state index contributed by atoms with van der Waals surface area (Å²) in [5.41, 5.74) is 1.29. The number of benzene rings is 1. The molecule has 2 nitrogen and oxygen atoms in total. The summed E-state index contributed by atoms with van der Waals surface area (Å²) in [5.74, 6) is 0.747. The molecule has 0 aromatic heterocycles. The predicted molar refractivity (Wildman–Crippen MR) is 80.2 cm³/mol. The maximum Gasteiger partial charge on any atom is 0.0952 e. The Hall–Kier alpha value is -0.860. The highest BCUT2D eigenvalue weighted by Crippen LogP contribution is 2.32. The van der Waals surface area contributed by atoms with Crippen LogP contribution in [0.1, 0.15) is 50.7 Å². The van der Waals surface area contributed by atoms with Gasteiger partial charge in [0.15, 0.2) is 0 Å². The highest BCUT2D eigenvalue weighted by atomic mass is 16.5. The van der Waals surface area contributed by atoms with Crippen LogP contribution in [0.25, 0.3) is 0 Å². The van der Waals surface area contributed by atoms with Crippen molar-refractivity contribution >= 4 is 0 Å². The Bertz CT molecular complexity index is 352. The summed E-state index contributed by atoms with van der Waals surface area (Å²) in [5, 5.41) is 3.26. The lowest BCUT2D eigenvalue weighted by molar-refractivity contribution is -0.0610. The molecule has 1 fully saturated rings. The molecule has 0 aliphatic heterocycles.